The van der Waals surface area contributed by atoms with Crippen molar-refractivity contribution in [3.05, 3.63) is 59.7 Å². The van der Waals surface area contributed by atoms with Crippen LogP contribution in [0.2, 0.25) is 0 Å². The molecule has 2 aromatic rings. The summed E-state index contributed by atoms with van der Waals surface area (Å²) in [5.41, 5.74) is 2.94. The van der Waals surface area contributed by atoms with Crippen molar-refractivity contribution in [2.75, 3.05) is 18.0 Å². The maximum absolute atomic E-state index is 12.8. The topological polar surface area (TPSA) is 41.6 Å². The van der Waals surface area contributed by atoms with Gasteiger partial charge in [-0.25, -0.2) is 0 Å². The van der Waals surface area contributed by atoms with Gasteiger partial charge in [-0.05, 0) is 69.4 Å². The number of hydrogen-bond donors (Lipinski definition) is 1. The van der Waals surface area contributed by atoms with Crippen LogP contribution >= 0.6 is 0 Å². The molecule has 1 amide bonds. The Morgan fingerprint density at radius 3 is 2.32 bits per heavy atom. The van der Waals surface area contributed by atoms with Crippen LogP contribution in [0.15, 0.2) is 48.5 Å². The van der Waals surface area contributed by atoms with E-state index in [2.05, 4.69) is 41.4 Å². The van der Waals surface area contributed by atoms with E-state index >= 15 is 0 Å². The molecule has 1 aliphatic rings. The molecule has 0 radical (unpaired) electrons. The first-order valence-corrected chi connectivity index (χ1v) is 10.4. The number of hydrogen-bond acceptors (Lipinski definition) is 3. The minimum Gasteiger partial charge on any atom is -0.490 e. The van der Waals surface area contributed by atoms with E-state index in [1.807, 2.05) is 39.0 Å². The first kappa shape index (κ1) is 20.2. The molecule has 4 heteroatoms. The molecule has 0 unspecified atom stereocenters. The number of ether oxygens (including phenoxy) is 1. The van der Waals surface area contributed by atoms with E-state index in [1.165, 1.54) is 18.5 Å². The van der Waals surface area contributed by atoms with Gasteiger partial charge in [0.1, 0.15) is 5.75 Å². The van der Waals surface area contributed by atoms with Crippen LogP contribution in [0.1, 0.15) is 62.5 Å². The third kappa shape index (κ3) is 5.06. The summed E-state index contributed by atoms with van der Waals surface area (Å²) >= 11 is 0. The molecule has 0 aromatic heterocycles. The fraction of sp³-hybridized carbons (Fsp3) is 0.458. The summed E-state index contributed by atoms with van der Waals surface area (Å²) in [5, 5.41) is 3.10. The Bertz CT molecular complexity index is 777. The third-order valence-corrected chi connectivity index (χ3v) is 5.38. The number of carbonyl (C=O) groups is 1. The Hall–Kier alpha value is -2.49. The summed E-state index contributed by atoms with van der Waals surface area (Å²) in [6, 6.07) is 15.9. The second-order valence-electron chi connectivity index (χ2n) is 8.12. The number of carbonyl (C=O) groups excluding carboxylic acids is 1. The molecular formula is C24H32N2O2. The van der Waals surface area contributed by atoms with Crippen molar-refractivity contribution < 1.29 is 9.53 Å². The van der Waals surface area contributed by atoms with Crippen LogP contribution < -0.4 is 15.0 Å². The molecule has 28 heavy (non-hydrogen) atoms. The normalized spacial score (nSPS) is 16.1. The predicted molar refractivity (Wildman–Crippen MR) is 115 cm³/mol. The van der Waals surface area contributed by atoms with Gasteiger partial charge in [-0.2, -0.15) is 0 Å². The smallest absolute Gasteiger partial charge is 0.255 e. The molecule has 1 heterocycles. The molecule has 0 bridgehead atoms. The first-order valence-electron chi connectivity index (χ1n) is 10.4. The van der Waals surface area contributed by atoms with Crippen molar-refractivity contribution in [1.82, 2.24) is 5.32 Å². The molecule has 1 saturated heterocycles. The molecule has 4 nitrogen and oxygen atoms in total. The average molecular weight is 381 g/mol. The van der Waals surface area contributed by atoms with Crippen molar-refractivity contribution in [2.24, 2.45) is 5.92 Å². The van der Waals surface area contributed by atoms with Crippen LogP contribution in [-0.2, 0) is 0 Å². The van der Waals surface area contributed by atoms with Gasteiger partial charge in [0.2, 0.25) is 0 Å². The molecule has 1 N–H and O–H groups in total. The molecule has 0 aliphatic carbocycles. The van der Waals surface area contributed by atoms with E-state index in [0.29, 0.717) is 11.3 Å². The van der Waals surface area contributed by atoms with E-state index < -0.39 is 0 Å². The van der Waals surface area contributed by atoms with Gasteiger partial charge in [-0.15, -0.1) is 0 Å². The van der Waals surface area contributed by atoms with Gasteiger partial charge in [-0.1, -0.05) is 31.2 Å². The highest BCUT2D eigenvalue weighted by atomic mass is 16.5. The Labute approximate surface area is 168 Å². The lowest BCUT2D eigenvalue weighted by Crippen LogP contribution is -2.32. The standard InChI is InChI=1S/C24H32N2O2/c1-17(2)28-23-8-6-5-7-22(23)24(27)25-19(4)20-9-11-21(12-10-20)26-15-13-18(3)14-16-26/h5-12,17-19H,13-16H2,1-4H3,(H,25,27)/t19-/m0/s1. The Morgan fingerprint density at radius 1 is 1.04 bits per heavy atom. The van der Waals surface area contributed by atoms with Crippen LogP contribution in [0.25, 0.3) is 0 Å². The number of benzene rings is 2. The highest BCUT2D eigenvalue weighted by Gasteiger charge is 2.18. The fourth-order valence-electron chi connectivity index (χ4n) is 3.61. The van der Waals surface area contributed by atoms with Gasteiger partial charge in [0.05, 0.1) is 17.7 Å². The molecule has 2 aromatic carbocycles. The maximum atomic E-state index is 12.8. The van der Waals surface area contributed by atoms with Crippen molar-refractivity contribution in [3.63, 3.8) is 0 Å². The van der Waals surface area contributed by atoms with Gasteiger partial charge >= 0.3 is 0 Å². The molecule has 150 valence electrons. The highest BCUT2D eigenvalue weighted by Crippen LogP contribution is 2.25. The van der Waals surface area contributed by atoms with Crippen LogP contribution in [0.5, 0.6) is 5.75 Å². The quantitative estimate of drug-likeness (QED) is 0.749. The zero-order valence-corrected chi connectivity index (χ0v) is 17.4. The average Bonchev–Trinajstić information content (AvgIpc) is 2.68. The zero-order chi connectivity index (χ0) is 20.1. The third-order valence-electron chi connectivity index (χ3n) is 5.38. The zero-order valence-electron chi connectivity index (χ0n) is 17.4. The lowest BCUT2D eigenvalue weighted by atomic mass is 9.98. The predicted octanol–water partition coefficient (Wildman–Crippen LogP) is 5.20. The second-order valence-corrected chi connectivity index (χ2v) is 8.12. The molecule has 1 atom stereocenters. The number of piperidine rings is 1. The second kappa shape index (κ2) is 9.13. The Morgan fingerprint density at radius 2 is 1.68 bits per heavy atom. The van der Waals surface area contributed by atoms with Gasteiger partial charge < -0.3 is 15.0 Å². The van der Waals surface area contributed by atoms with E-state index in [0.717, 1.165) is 24.6 Å². The molecular weight excluding hydrogens is 348 g/mol. The Kier molecular flexibility index (Phi) is 6.61. The van der Waals surface area contributed by atoms with Gasteiger partial charge in [-0.3, -0.25) is 4.79 Å². The maximum Gasteiger partial charge on any atom is 0.255 e. The Balaban J connectivity index is 1.65. The van der Waals surface area contributed by atoms with Crippen LogP contribution in [-0.4, -0.2) is 25.1 Å². The minimum absolute atomic E-state index is 0.0247. The molecule has 1 aliphatic heterocycles. The largest absolute Gasteiger partial charge is 0.490 e. The van der Waals surface area contributed by atoms with E-state index in [9.17, 15) is 4.79 Å². The molecule has 1 fully saturated rings. The number of nitrogens with zero attached hydrogens (tertiary/aromatic N) is 1. The molecule has 0 saturated carbocycles. The summed E-state index contributed by atoms with van der Waals surface area (Å²) in [5.74, 6) is 1.34. The van der Waals surface area contributed by atoms with Crippen molar-refractivity contribution in [3.8, 4) is 5.75 Å². The summed E-state index contributed by atoms with van der Waals surface area (Å²) in [6.45, 7) is 10.5. The van der Waals surface area contributed by atoms with Gasteiger partial charge in [0, 0.05) is 18.8 Å². The number of amides is 1. The fourth-order valence-corrected chi connectivity index (χ4v) is 3.61. The highest BCUT2D eigenvalue weighted by molar-refractivity contribution is 5.97. The molecule has 0 spiro atoms. The number of para-hydroxylation sites is 1. The van der Waals surface area contributed by atoms with Crippen molar-refractivity contribution in [2.45, 2.75) is 52.7 Å². The molecule has 3 rings (SSSR count). The first-order chi connectivity index (χ1) is 13.4. The van der Waals surface area contributed by atoms with Crippen LogP contribution in [0.4, 0.5) is 5.69 Å². The number of nitrogens with one attached hydrogen (secondary N) is 1. The van der Waals surface area contributed by atoms with Crippen LogP contribution in [0, 0.1) is 5.92 Å². The van der Waals surface area contributed by atoms with E-state index in [-0.39, 0.29) is 18.1 Å². The van der Waals surface area contributed by atoms with E-state index in [1.54, 1.807) is 6.07 Å². The van der Waals surface area contributed by atoms with Gasteiger partial charge in [0.15, 0.2) is 0 Å². The monoisotopic (exact) mass is 380 g/mol. The minimum atomic E-state index is -0.113. The summed E-state index contributed by atoms with van der Waals surface area (Å²) < 4.78 is 5.78. The van der Waals surface area contributed by atoms with Crippen LogP contribution in [0.3, 0.4) is 0 Å². The summed E-state index contributed by atoms with van der Waals surface area (Å²) in [4.78, 5) is 15.2. The van der Waals surface area contributed by atoms with Crippen molar-refractivity contribution in [1.29, 1.82) is 0 Å². The number of rotatable bonds is 6. The summed E-state index contributed by atoms with van der Waals surface area (Å²) in [6.07, 6.45) is 2.54. The summed E-state index contributed by atoms with van der Waals surface area (Å²) in [7, 11) is 0. The van der Waals surface area contributed by atoms with Gasteiger partial charge in [0.25, 0.3) is 5.91 Å². The number of anilines is 1. The van der Waals surface area contributed by atoms with E-state index in [4.69, 9.17) is 4.74 Å². The van der Waals surface area contributed by atoms with Crippen molar-refractivity contribution >= 4 is 11.6 Å². The SMILES string of the molecule is CC1CCN(c2ccc([C@H](C)NC(=O)c3ccccc3OC(C)C)cc2)CC1. The lowest BCUT2D eigenvalue weighted by Gasteiger charge is -2.32. The lowest BCUT2D eigenvalue weighted by molar-refractivity contribution is 0.0934.